The van der Waals surface area contributed by atoms with Crippen LogP contribution in [0.5, 0.6) is 0 Å². The van der Waals surface area contributed by atoms with Crippen LogP contribution in [0.4, 0.5) is 0 Å². The van der Waals surface area contributed by atoms with E-state index in [1.54, 1.807) is 36.6 Å². The number of nitrogens with zero attached hydrogens (tertiary/aromatic N) is 1. The zero-order chi connectivity index (χ0) is 16.9. The van der Waals surface area contributed by atoms with Crippen molar-refractivity contribution in [2.45, 2.75) is 19.3 Å². The molecule has 0 saturated heterocycles. The number of ether oxygens (including phenoxy) is 1. The van der Waals surface area contributed by atoms with Crippen molar-refractivity contribution in [1.29, 1.82) is 0 Å². The van der Waals surface area contributed by atoms with E-state index in [0.717, 1.165) is 10.9 Å². The molecule has 3 rings (SSSR count). The number of carbonyl (C=O) groups excluding carboxylic acids is 1. The van der Waals surface area contributed by atoms with E-state index in [9.17, 15) is 9.90 Å². The van der Waals surface area contributed by atoms with Gasteiger partial charge in [0.15, 0.2) is 0 Å². The van der Waals surface area contributed by atoms with E-state index >= 15 is 0 Å². The van der Waals surface area contributed by atoms with Crippen LogP contribution >= 0.6 is 11.3 Å². The molecule has 0 aliphatic heterocycles. The van der Waals surface area contributed by atoms with Gasteiger partial charge in [0, 0.05) is 17.1 Å². The van der Waals surface area contributed by atoms with Crippen molar-refractivity contribution in [2.24, 2.45) is 0 Å². The Morgan fingerprint density at radius 2 is 2.25 bits per heavy atom. The molecular weight excluding hydrogens is 324 g/mol. The van der Waals surface area contributed by atoms with Gasteiger partial charge in [-0.25, -0.2) is 0 Å². The number of thiophene rings is 1. The van der Waals surface area contributed by atoms with Crippen LogP contribution in [0.15, 0.2) is 54.2 Å². The first-order valence-electron chi connectivity index (χ1n) is 7.61. The van der Waals surface area contributed by atoms with Crippen LogP contribution in [-0.4, -0.2) is 28.8 Å². The summed E-state index contributed by atoms with van der Waals surface area (Å²) in [5.41, 5.74) is 1.27. The lowest BCUT2D eigenvalue weighted by molar-refractivity contribution is -0.0141. The highest BCUT2D eigenvalue weighted by atomic mass is 32.1. The van der Waals surface area contributed by atoms with Crippen molar-refractivity contribution in [2.75, 3.05) is 6.61 Å². The number of aliphatic hydroxyl groups is 1. The first-order valence-corrected chi connectivity index (χ1v) is 8.49. The molecule has 2 atom stereocenters. The molecule has 0 radical (unpaired) electrons. The predicted molar refractivity (Wildman–Crippen MR) is 93.9 cm³/mol. The molecule has 2 N–H and O–H groups in total. The average molecular weight is 342 g/mol. The Bertz CT molecular complexity index is 819. The van der Waals surface area contributed by atoms with Gasteiger partial charge in [0.25, 0.3) is 5.91 Å². The molecule has 5 nitrogen and oxygen atoms in total. The molecule has 0 saturated carbocycles. The maximum absolute atomic E-state index is 12.0. The number of carbonyl (C=O) groups is 1. The number of aromatic nitrogens is 1. The standard InChI is InChI=1S/C18H18N2O3S/c1-12(20-18(22)15-3-2-7-19-10-15)23-11-16(21)13-4-5-17-14(9-13)6-8-24-17/h2-10,12,16,21H,11H2,1H3,(H,20,22)/t12-,16+/m0/s1. The van der Waals surface area contributed by atoms with Gasteiger partial charge in [-0.15, -0.1) is 11.3 Å². The third kappa shape index (κ3) is 3.97. The maximum Gasteiger partial charge on any atom is 0.254 e. The van der Waals surface area contributed by atoms with Crippen LogP contribution in [0.25, 0.3) is 10.1 Å². The normalized spacial score (nSPS) is 13.6. The second-order valence-corrected chi connectivity index (χ2v) is 6.37. The summed E-state index contributed by atoms with van der Waals surface area (Å²) in [7, 11) is 0. The largest absolute Gasteiger partial charge is 0.386 e. The molecule has 0 bridgehead atoms. The fourth-order valence-electron chi connectivity index (χ4n) is 2.33. The molecule has 2 heterocycles. The summed E-state index contributed by atoms with van der Waals surface area (Å²) in [6.45, 7) is 1.83. The quantitative estimate of drug-likeness (QED) is 0.675. The van der Waals surface area contributed by atoms with E-state index in [2.05, 4.69) is 10.3 Å². The number of nitrogens with one attached hydrogen (secondary N) is 1. The summed E-state index contributed by atoms with van der Waals surface area (Å²) < 4.78 is 6.73. The number of hydrogen-bond acceptors (Lipinski definition) is 5. The SMILES string of the molecule is C[C@@H](NC(=O)c1cccnc1)OC[C@@H](O)c1ccc2sccc2c1. The fourth-order valence-corrected chi connectivity index (χ4v) is 3.10. The van der Waals surface area contributed by atoms with Crippen molar-refractivity contribution < 1.29 is 14.6 Å². The summed E-state index contributed by atoms with van der Waals surface area (Å²) >= 11 is 1.67. The Balaban J connectivity index is 1.53. The van der Waals surface area contributed by atoms with E-state index in [-0.39, 0.29) is 12.5 Å². The van der Waals surface area contributed by atoms with E-state index in [0.29, 0.717) is 5.56 Å². The topological polar surface area (TPSA) is 71.5 Å². The maximum atomic E-state index is 12.0. The number of amides is 1. The summed E-state index contributed by atoms with van der Waals surface area (Å²) in [4.78, 5) is 15.9. The number of aliphatic hydroxyl groups excluding tert-OH is 1. The first-order chi connectivity index (χ1) is 11.6. The van der Waals surface area contributed by atoms with Crippen LogP contribution in [-0.2, 0) is 4.74 Å². The second-order valence-electron chi connectivity index (χ2n) is 5.42. The van der Waals surface area contributed by atoms with Gasteiger partial charge in [-0.05, 0) is 53.6 Å². The summed E-state index contributed by atoms with van der Waals surface area (Å²) in [6.07, 6.45) is 1.84. The lowest BCUT2D eigenvalue weighted by Crippen LogP contribution is -2.35. The van der Waals surface area contributed by atoms with Crippen LogP contribution < -0.4 is 5.32 Å². The van der Waals surface area contributed by atoms with Gasteiger partial charge in [-0.2, -0.15) is 0 Å². The smallest absolute Gasteiger partial charge is 0.254 e. The van der Waals surface area contributed by atoms with Gasteiger partial charge >= 0.3 is 0 Å². The lowest BCUT2D eigenvalue weighted by atomic mass is 10.1. The van der Waals surface area contributed by atoms with E-state index in [4.69, 9.17) is 4.74 Å². The minimum atomic E-state index is -0.743. The molecule has 1 aromatic carbocycles. The number of fused-ring (bicyclic) bond motifs is 1. The number of rotatable bonds is 6. The molecule has 124 valence electrons. The van der Waals surface area contributed by atoms with Gasteiger partial charge < -0.3 is 15.2 Å². The van der Waals surface area contributed by atoms with E-state index in [1.165, 1.54) is 10.9 Å². The van der Waals surface area contributed by atoms with E-state index in [1.807, 2.05) is 29.6 Å². The predicted octanol–water partition coefficient (Wildman–Crippen LogP) is 3.12. The molecule has 3 aromatic rings. The van der Waals surface area contributed by atoms with Crippen LogP contribution in [0.1, 0.15) is 28.9 Å². The molecule has 6 heteroatoms. The monoisotopic (exact) mass is 342 g/mol. The van der Waals surface area contributed by atoms with Crippen molar-refractivity contribution in [3.63, 3.8) is 0 Å². The Hall–Kier alpha value is -2.28. The highest BCUT2D eigenvalue weighted by molar-refractivity contribution is 7.17. The second kappa shape index (κ2) is 7.53. The Morgan fingerprint density at radius 1 is 1.38 bits per heavy atom. The summed E-state index contributed by atoms with van der Waals surface area (Å²) in [6, 6.07) is 11.2. The number of benzene rings is 1. The highest BCUT2D eigenvalue weighted by Crippen LogP contribution is 2.24. The fraction of sp³-hybridized carbons (Fsp3) is 0.222. The molecule has 2 aromatic heterocycles. The highest BCUT2D eigenvalue weighted by Gasteiger charge is 2.14. The Kier molecular flexibility index (Phi) is 5.20. The first kappa shape index (κ1) is 16.6. The molecule has 1 amide bonds. The molecular formula is C18H18N2O3S. The van der Waals surface area contributed by atoms with Crippen LogP contribution in [0.2, 0.25) is 0 Å². The summed E-state index contributed by atoms with van der Waals surface area (Å²) in [5.74, 6) is -0.259. The van der Waals surface area contributed by atoms with E-state index < -0.39 is 12.3 Å². The lowest BCUT2D eigenvalue weighted by Gasteiger charge is -2.18. The molecule has 0 aliphatic rings. The van der Waals surface area contributed by atoms with Gasteiger partial charge in [-0.1, -0.05) is 6.07 Å². The number of hydrogen-bond donors (Lipinski definition) is 2. The average Bonchev–Trinajstić information content (AvgIpc) is 3.08. The van der Waals surface area contributed by atoms with Gasteiger partial charge in [-0.3, -0.25) is 9.78 Å². The van der Waals surface area contributed by atoms with Crippen molar-refractivity contribution in [1.82, 2.24) is 10.3 Å². The zero-order valence-corrected chi connectivity index (χ0v) is 14.0. The van der Waals surface area contributed by atoms with Gasteiger partial charge in [0.05, 0.1) is 12.2 Å². The minimum Gasteiger partial charge on any atom is -0.386 e. The van der Waals surface area contributed by atoms with Gasteiger partial charge in [0.2, 0.25) is 0 Å². The molecule has 24 heavy (non-hydrogen) atoms. The Labute approximate surface area is 143 Å². The third-order valence-corrected chi connectivity index (χ3v) is 4.52. The minimum absolute atomic E-state index is 0.101. The molecule has 0 aliphatic carbocycles. The Morgan fingerprint density at radius 3 is 3.04 bits per heavy atom. The number of pyridine rings is 1. The zero-order valence-electron chi connectivity index (χ0n) is 13.2. The van der Waals surface area contributed by atoms with Crippen molar-refractivity contribution >= 4 is 27.3 Å². The van der Waals surface area contributed by atoms with Crippen LogP contribution in [0, 0.1) is 0 Å². The molecule has 0 spiro atoms. The van der Waals surface area contributed by atoms with Crippen molar-refractivity contribution in [3.05, 3.63) is 65.3 Å². The van der Waals surface area contributed by atoms with Gasteiger partial charge in [0.1, 0.15) is 12.3 Å². The van der Waals surface area contributed by atoms with Crippen molar-refractivity contribution in [3.8, 4) is 0 Å². The van der Waals surface area contributed by atoms with Crippen LogP contribution in [0.3, 0.4) is 0 Å². The third-order valence-electron chi connectivity index (χ3n) is 3.62. The summed E-state index contributed by atoms with van der Waals surface area (Å²) in [5, 5.41) is 16.1. The molecule has 0 fully saturated rings. The molecule has 0 unspecified atom stereocenters.